The van der Waals surface area contributed by atoms with Gasteiger partial charge in [0.25, 0.3) is 0 Å². The van der Waals surface area contributed by atoms with E-state index >= 15 is 0 Å². The summed E-state index contributed by atoms with van der Waals surface area (Å²) in [5, 5.41) is 8.50. The van der Waals surface area contributed by atoms with Gasteiger partial charge in [0, 0.05) is 36.4 Å². The molecule has 0 fully saturated rings. The zero-order chi connectivity index (χ0) is 11.7. The van der Waals surface area contributed by atoms with Crippen LogP contribution in [0.15, 0.2) is 0 Å². The van der Waals surface area contributed by atoms with Gasteiger partial charge in [-0.3, -0.25) is 4.68 Å². The SMILES string of the molecule is Cc1nsc(NCc2c(C)nn(C)c2C)n1. The van der Waals surface area contributed by atoms with Crippen molar-refractivity contribution >= 4 is 16.7 Å². The lowest BCUT2D eigenvalue weighted by Crippen LogP contribution is -2.02. The van der Waals surface area contributed by atoms with E-state index in [-0.39, 0.29) is 0 Å². The van der Waals surface area contributed by atoms with E-state index < -0.39 is 0 Å². The standard InChI is InChI=1S/C10H15N5S/c1-6-9(7(2)15(4)13-6)5-11-10-12-8(3)14-16-10/h5H2,1-4H3,(H,11,12,14). The fourth-order valence-electron chi connectivity index (χ4n) is 1.61. The predicted molar refractivity (Wildman–Crippen MR) is 64.7 cm³/mol. The highest BCUT2D eigenvalue weighted by molar-refractivity contribution is 7.09. The summed E-state index contributed by atoms with van der Waals surface area (Å²) >= 11 is 1.39. The molecule has 0 amide bonds. The van der Waals surface area contributed by atoms with Crippen LogP contribution in [0, 0.1) is 20.8 Å². The predicted octanol–water partition coefficient (Wildman–Crippen LogP) is 1.81. The Kier molecular flexibility index (Phi) is 2.91. The van der Waals surface area contributed by atoms with Crippen molar-refractivity contribution in [3.05, 3.63) is 22.8 Å². The minimum atomic E-state index is 0.750. The van der Waals surface area contributed by atoms with Gasteiger partial charge in [0.2, 0.25) is 5.13 Å². The van der Waals surface area contributed by atoms with E-state index in [1.807, 2.05) is 25.6 Å². The second kappa shape index (κ2) is 4.21. The van der Waals surface area contributed by atoms with Crippen LogP contribution in [0.3, 0.4) is 0 Å². The molecule has 2 heterocycles. The number of rotatable bonds is 3. The van der Waals surface area contributed by atoms with Crippen LogP contribution in [-0.4, -0.2) is 19.1 Å². The largest absolute Gasteiger partial charge is 0.356 e. The average Bonchev–Trinajstić information content (AvgIpc) is 2.72. The Bertz CT molecular complexity index is 499. The molecular formula is C10H15N5S. The van der Waals surface area contributed by atoms with E-state index in [9.17, 15) is 0 Å². The summed E-state index contributed by atoms with van der Waals surface area (Å²) in [6.45, 7) is 6.74. The Hall–Kier alpha value is -1.43. The van der Waals surface area contributed by atoms with Crippen LogP contribution >= 0.6 is 11.5 Å². The highest BCUT2D eigenvalue weighted by atomic mass is 32.1. The molecular weight excluding hydrogens is 222 g/mol. The molecule has 0 aromatic carbocycles. The Morgan fingerprint density at radius 3 is 2.56 bits per heavy atom. The molecule has 5 nitrogen and oxygen atoms in total. The number of aromatic nitrogens is 4. The lowest BCUT2D eigenvalue weighted by molar-refractivity contribution is 0.730. The van der Waals surface area contributed by atoms with E-state index in [1.165, 1.54) is 22.8 Å². The van der Waals surface area contributed by atoms with E-state index in [1.54, 1.807) is 0 Å². The van der Waals surface area contributed by atoms with Crippen LogP contribution in [0.5, 0.6) is 0 Å². The number of hydrogen-bond donors (Lipinski definition) is 1. The molecule has 0 spiro atoms. The number of nitrogens with one attached hydrogen (secondary N) is 1. The van der Waals surface area contributed by atoms with Gasteiger partial charge in [0.15, 0.2) is 0 Å². The molecule has 6 heteroatoms. The number of nitrogens with zero attached hydrogens (tertiary/aromatic N) is 4. The molecule has 16 heavy (non-hydrogen) atoms. The van der Waals surface area contributed by atoms with E-state index in [4.69, 9.17) is 0 Å². The maximum atomic E-state index is 4.37. The summed E-state index contributed by atoms with van der Waals surface area (Å²) < 4.78 is 6.03. The first-order valence-electron chi connectivity index (χ1n) is 5.11. The van der Waals surface area contributed by atoms with Crippen molar-refractivity contribution in [1.29, 1.82) is 0 Å². The van der Waals surface area contributed by atoms with Crippen LogP contribution < -0.4 is 5.32 Å². The van der Waals surface area contributed by atoms with Gasteiger partial charge in [0.05, 0.1) is 5.69 Å². The Labute approximate surface area is 98.7 Å². The Morgan fingerprint density at radius 1 is 1.31 bits per heavy atom. The van der Waals surface area contributed by atoms with Crippen molar-refractivity contribution in [2.24, 2.45) is 7.05 Å². The lowest BCUT2D eigenvalue weighted by atomic mass is 10.2. The van der Waals surface area contributed by atoms with Crippen LogP contribution in [0.1, 0.15) is 22.8 Å². The second-order valence-corrected chi connectivity index (χ2v) is 4.53. The summed E-state index contributed by atoms with van der Waals surface area (Å²) in [5.74, 6) is 0.812. The van der Waals surface area contributed by atoms with Crippen molar-refractivity contribution in [2.45, 2.75) is 27.3 Å². The maximum absolute atomic E-state index is 4.37. The average molecular weight is 237 g/mol. The molecule has 0 aliphatic carbocycles. The topological polar surface area (TPSA) is 55.6 Å². The summed E-state index contributed by atoms with van der Waals surface area (Å²) in [6, 6.07) is 0. The minimum Gasteiger partial charge on any atom is -0.356 e. The van der Waals surface area contributed by atoms with E-state index in [0.717, 1.165) is 23.2 Å². The van der Waals surface area contributed by atoms with Gasteiger partial charge in [-0.2, -0.15) is 9.47 Å². The number of anilines is 1. The molecule has 0 bridgehead atoms. The summed E-state index contributed by atoms with van der Waals surface area (Å²) in [6.07, 6.45) is 0. The van der Waals surface area contributed by atoms with E-state index in [0.29, 0.717) is 0 Å². The second-order valence-electron chi connectivity index (χ2n) is 3.77. The molecule has 0 radical (unpaired) electrons. The van der Waals surface area contributed by atoms with Crippen molar-refractivity contribution < 1.29 is 0 Å². The molecule has 0 unspecified atom stereocenters. The highest BCUT2D eigenvalue weighted by Crippen LogP contribution is 2.16. The molecule has 2 aromatic heterocycles. The quantitative estimate of drug-likeness (QED) is 0.884. The maximum Gasteiger partial charge on any atom is 0.202 e. The van der Waals surface area contributed by atoms with Gasteiger partial charge in [-0.25, -0.2) is 4.98 Å². The molecule has 0 saturated carbocycles. The van der Waals surface area contributed by atoms with Gasteiger partial charge in [-0.1, -0.05) is 0 Å². The zero-order valence-corrected chi connectivity index (χ0v) is 10.7. The van der Waals surface area contributed by atoms with Crippen LogP contribution in [0.2, 0.25) is 0 Å². The molecule has 2 rings (SSSR count). The smallest absolute Gasteiger partial charge is 0.202 e. The van der Waals surface area contributed by atoms with Crippen molar-refractivity contribution in [3.8, 4) is 0 Å². The first-order chi connectivity index (χ1) is 7.58. The fourth-order valence-corrected chi connectivity index (χ4v) is 2.18. The van der Waals surface area contributed by atoms with E-state index in [2.05, 4.69) is 26.7 Å². The molecule has 0 aliphatic rings. The Balaban J connectivity index is 2.10. The molecule has 0 atom stereocenters. The first-order valence-corrected chi connectivity index (χ1v) is 5.88. The zero-order valence-electron chi connectivity index (χ0n) is 9.90. The normalized spacial score (nSPS) is 10.8. The van der Waals surface area contributed by atoms with Crippen molar-refractivity contribution in [3.63, 3.8) is 0 Å². The molecule has 86 valence electrons. The lowest BCUT2D eigenvalue weighted by Gasteiger charge is -2.02. The summed E-state index contributed by atoms with van der Waals surface area (Å²) in [4.78, 5) is 4.26. The molecule has 0 saturated heterocycles. The monoisotopic (exact) mass is 237 g/mol. The number of hydrogen-bond acceptors (Lipinski definition) is 5. The molecule has 0 aliphatic heterocycles. The van der Waals surface area contributed by atoms with Crippen LogP contribution in [0.4, 0.5) is 5.13 Å². The van der Waals surface area contributed by atoms with Gasteiger partial charge >= 0.3 is 0 Å². The third-order valence-electron chi connectivity index (χ3n) is 2.60. The third kappa shape index (κ3) is 2.06. The number of aryl methyl sites for hydroxylation is 3. The fraction of sp³-hybridized carbons (Fsp3) is 0.500. The highest BCUT2D eigenvalue weighted by Gasteiger charge is 2.09. The molecule has 1 N–H and O–H groups in total. The van der Waals surface area contributed by atoms with Gasteiger partial charge in [-0.05, 0) is 20.8 Å². The third-order valence-corrected chi connectivity index (χ3v) is 3.37. The van der Waals surface area contributed by atoms with Crippen LogP contribution in [-0.2, 0) is 13.6 Å². The van der Waals surface area contributed by atoms with Gasteiger partial charge in [-0.15, -0.1) is 0 Å². The van der Waals surface area contributed by atoms with Crippen molar-refractivity contribution in [1.82, 2.24) is 19.1 Å². The molecule has 2 aromatic rings. The summed E-state index contributed by atoms with van der Waals surface area (Å²) in [5.41, 5.74) is 3.48. The minimum absolute atomic E-state index is 0.750. The first kappa shape index (κ1) is 11.1. The Morgan fingerprint density at radius 2 is 2.06 bits per heavy atom. The van der Waals surface area contributed by atoms with Gasteiger partial charge < -0.3 is 5.32 Å². The van der Waals surface area contributed by atoms with Gasteiger partial charge in [0.1, 0.15) is 5.82 Å². The van der Waals surface area contributed by atoms with Crippen LogP contribution in [0.25, 0.3) is 0 Å². The summed E-state index contributed by atoms with van der Waals surface area (Å²) in [7, 11) is 1.96. The van der Waals surface area contributed by atoms with Crippen molar-refractivity contribution in [2.75, 3.05) is 5.32 Å².